The third kappa shape index (κ3) is 3.79. The highest BCUT2D eigenvalue weighted by Crippen LogP contribution is 2.39. The largest absolute Gasteiger partial charge is 0.504 e. The van der Waals surface area contributed by atoms with Crippen molar-refractivity contribution in [2.75, 3.05) is 13.7 Å². The molecule has 3 aromatic rings. The Kier molecular flexibility index (Phi) is 5.85. The van der Waals surface area contributed by atoms with Crippen LogP contribution >= 0.6 is 0 Å². The van der Waals surface area contributed by atoms with Gasteiger partial charge in [-0.3, -0.25) is 4.90 Å². The van der Waals surface area contributed by atoms with Crippen LogP contribution in [0.3, 0.4) is 0 Å². The summed E-state index contributed by atoms with van der Waals surface area (Å²) in [5.41, 5.74) is 4.15. The predicted molar refractivity (Wildman–Crippen MR) is 120 cm³/mol. The number of hydrogen-bond acceptors (Lipinski definition) is 6. The summed E-state index contributed by atoms with van der Waals surface area (Å²) in [6.45, 7) is 6.34. The third-order valence-corrected chi connectivity index (χ3v) is 5.73. The van der Waals surface area contributed by atoms with Crippen molar-refractivity contribution in [1.29, 1.82) is 0 Å². The maximum Gasteiger partial charge on any atom is 0.322 e. The number of methoxy groups -OCH3 is 1. The molecular formula is C24H26N4O4. The average Bonchev–Trinajstić information content (AvgIpc) is 3.28. The third-order valence-electron chi connectivity index (χ3n) is 5.73. The van der Waals surface area contributed by atoms with Crippen LogP contribution in [0.5, 0.6) is 11.5 Å². The molecule has 166 valence electrons. The second kappa shape index (κ2) is 8.74. The number of aromatic nitrogens is 2. The minimum absolute atomic E-state index is 0.0172. The van der Waals surface area contributed by atoms with E-state index >= 15 is 0 Å². The van der Waals surface area contributed by atoms with E-state index in [4.69, 9.17) is 9.26 Å². The van der Waals surface area contributed by atoms with Gasteiger partial charge in [-0.15, -0.1) is 0 Å². The molecule has 0 saturated carbocycles. The minimum atomic E-state index is -0.571. The first-order chi connectivity index (χ1) is 15.5. The van der Waals surface area contributed by atoms with E-state index in [-0.39, 0.29) is 11.8 Å². The van der Waals surface area contributed by atoms with Gasteiger partial charge in [0.05, 0.1) is 18.7 Å². The number of carbonyl (C=O) groups excluding carboxylic acids is 1. The lowest BCUT2D eigenvalue weighted by molar-refractivity contribution is 0.207. The molecule has 1 unspecified atom stereocenters. The van der Waals surface area contributed by atoms with Crippen molar-refractivity contribution in [3.8, 4) is 22.9 Å². The first kappa shape index (κ1) is 21.4. The molecule has 1 atom stereocenters. The summed E-state index contributed by atoms with van der Waals surface area (Å²) in [4.78, 5) is 19.0. The van der Waals surface area contributed by atoms with Crippen LogP contribution in [0.1, 0.15) is 43.8 Å². The second-order valence-electron chi connectivity index (χ2n) is 7.53. The normalized spacial score (nSPS) is 16.3. The van der Waals surface area contributed by atoms with Crippen LogP contribution in [-0.4, -0.2) is 39.8 Å². The van der Waals surface area contributed by atoms with Crippen molar-refractivity contribution >= 4 is 11.6 Å². The highest BCUT2D eigenvalue weighted by molar-refractivity contribution is 5.87. The summed E-state index contributed by atoms with van der Waals surface area (Å²) in [5, 5.41) is 17.5. The van der Waals surface area contributed by atoms with Crippen molar-refractivity contribution in [2.45, 2.75) is 33.2 Å². The zero-order valence-corrected chi connectivity index (χ0v) is 18.5. The van der Waals surface area contributed by atoms with Gasteiger partial charge in [0.25, 0.3) is 5.89 Å². The number of ether oxygens (including phenoxy) is 1. The fourth-order valence-electron chi connectivity index (χ4n) is 3.92. The molecular weight excluding hydrogens is 408 g/mol. The number of nitrogens with zero attached hydrogens (tertiary/aromatic N) is 3. The van der Waals surface area contributed by atoms with E-state index in [0.29, 0.717) is 40.8 Å². The quantitative estimate of drug-likeness (QED) is 0.591. The lowest BCUT2D eigenvalue weighted by Crippen LogP contribution is -2.45. The van der Waals surface area contributed by atoms with E-state index in [1.807, 2.05) is 38.1 Å². The molecule has 4 rings (SSSR count). The monoisotopic (exact) mass is 434 g/mol. The molecule has 32 heavy (non-hydrogen) atoms. The molecule has 0 saturated heterocycles. The molecule has 2 heterocycles. The van der Waals surface area contributed by atoms with Gasteiger partial charge in [0.2, 0.25) is 5.82 Å². The zero-order valence-electron chi connectivity index (χ0n) is 18.5. The van der Waals surface area contributed by atoms with Crippen molar-refractivity contribution < 1.29 is 19.2 Å². The maximum absolute atomic E-state index is 12.7. The first-order valence-corrected chi connectivity index (χ1v) is 10.6. The number of hydrogen-bond donors (Lipinski definition) is 2. The lowest BCUT2D eigenvalue weighted by Gasteiger charge is -2.34. The molecule has 0 bridgehead atoms. The zero-order chi connectivity index (χ0) is 22.8. The number of phenolic OH excluding ortho intramolecular Hbond substituents is 1. The van der Waals surface area contributed by atoms with Crippen molar-refractivity contribution in [2.24, 2.45) is 0 Å². The number of aryl methyl sites for hydroxylation is 1. The topological polar surface area (TPSA) is 101 Å². The Labute approximate surface area is 186 Å². The van der Waals surface area contributed by atoms with E-state index in [1.165, 1.54) is 12.7 Å². The summed E-state index contributed by atoms with van der Waals surface area (Å²) in [6, 6.07) is 12.2. The summed E-state index contributed by atoms with van der Waals surface area (Å²) >= 11 is 0. The van der Waals surface area contributed by atoms with Crippen LogP contribution in [0.15, 0.2) is 52.7 Å². The van der Waals surface area contributed by atoms with Crippen molar-refractivity contribution in [3.63, 3.8) is 0 Å². The van der Waals surface area contributed by atoms with Gasteiger partial charge < -0.3 is 19.7 Å². The molecule has 8 heteroatoms. The SMILES string of the molecule is CCc1ccc(-c2noc(C3=C(C)N(CC)C(=O)NC3c3ccc(OC)c(O)c3)n2)cc1. The second-order valence-corrected chi connectivity index (χ2v) is 7.53. The van der Waals surface area contributed by atoms with E-state index in [9.17, 15) is 9.90 Å². The number of benzene rings is 2. The van der Waals surface area contributed by atoms with Crippen molar-refractivity contribution in [3.05, 3.63) is 65.2 Å². The fraction of sp³-hybridized carbons (Fsp3) is 0.292. The predicted octanol–water partition coefficient (Wildman–Crippen LogP) is 4.53. The molecule has 1 aromatic heterocycles. The Morgan fingerprint density at radius 1 is 1.19 bits per heavy atom. The summed E-state index contributed by atoms with van der Waals surface area (Å²) in [7, 11) is 1.48. The highest BCUT2D eigenvalue weighted by atomic mass is 16.5. The van der Waals surface area contributed by atoms with Gasteiger partial charge in [-0.05, 0) is 43.5 Å². The Morgan fingerprint density at radius 3 is 2.56 bits per heavy atom. The number of allylic oxidation sites excluding steroid dienone is 1. The van der Waals surface area contributed by atoms with Gasteiger partial charge in [0.15, 0.2) is 11.5 Å². The van der Waals surface area contributed by atoms with Gasteiger partial charge in [-0.25, -0.2) is 4.79 Å². The summed E-state index contributed by atoms with van der Waals surface area (Å²) in [6.07, 6.45) is 0.951. The van der Waals surface area contributed by atoms with E-state index in [0.717, 1.165) is 12.0 Å². The Bertz CT molecular complexity index is 1170. The number of carbonyl (C=O) groups is 1. The van der Waals surface area contributed by atoms with Gasteiger partial charge in [-0.1, -0.05) is 42.4 Å². The van der Waals surface area contributed by atoms with Gasteiger partial charge in [-0.2, -0.15) is 4.98 Å². The van der Waals surface area contributed by atoms with Gasteiger partial charge in [0.1, 0.15) is 0 Å². The maximum atomic E-state index is 12.7. The van der Waals surface area contributed by atoms with Crippen LogP contribution in [0.25, 0.3) is 17.0 Å². The molecule has 1 aliphatic heterocycles. The van der Waals surface area contributed by atoms with Crippen LogP contribution in [0, 0.1) is 0 Å². The number of urea groups is 1. The van der Waals surface area contributed by atoms with E-state index < -0.39 is 6.04 Å². The Morgan fingerprint density at radius 2 is 1.94 bits per heavy atom. The van der Waals surface area contributed by atoms with E-state index in [2.05, 4.69) is 22.4 Å². The van der Waals surface area contributed by atoms with Crippen LogP contribution in [-0.2, 0) is 6.42 Å². The van der Waals surface area contributed by atoms with E-state index in [1.54, 1.807) is 23.1 Å². The molecule has 0 radical (unpaired) electrons. The van der Waals surface area contributed by atoms with Crippen molar-refractivity contribution in [1.82, 2.24) is 20.4 Å². The molecule has 2 N–H and O–H groups in total. The van der Waals surface area contributed by atoms with Crippen LogP contribution in [0.4, 0.5) is 4.79 Å². The molecule has 0 fully saturated rings. The first-order valence-electron chi connectivity index (χ1n) is 10.6. The molecule has 8 nitrogen and oxygen atoms in total. The molecule has 2 amide bonds. The number of aromatic hydroxyl groups is 1. The standard InChI is InChI=1S/C24H26N4O4/c1-5-15-7-9-16(10-8-15)22-26-23(32-27-22)20-14(3)28(6-2)24(30)25-21(20)17-11-12-19(31-4)18(29)13-17/h7-13,21,29H,5-6H2,1-4H3,(H,25,30). The molecule has 2 aromatic carbocycles. The number of phenols is 1. The Balaban J connectivity index is 1.79. The van der Waals surface area contributed by atoms with Gasteiger partial charge >= 0.3 is 6.03 Å². The Hall–Kier alpha value is -3.81. The number of nitrogens with one attached hydrogen (secondary N) is 1. The lowest BCUT2D eigenvalue weighted by atomic mass is 9.94. The highest BCUT2D eigenvalue weighted by Gasteiger charge is 2.35. The summed E-state index contributed by atoms with van der Waals surface area (Å²) in [5.74, 6) is 1.12. The number of amides is 2. The minimum Gasteiger partial charge on any atom is -0.504 e. The smallest absolute Gasteiger partial charge is 0.322 e. The molecule has 1 aliphatic rings. The number of rotatable bonds is 6. The van der Waals surface area contributed by atoms with Crippen LogP contribution in [0.2, 0.25) is 0 Å². The van der Waals surface area contributed by atoms with Crippen LogP contribution < -0.4 is 10.1 Å². The van der Waals surface area contributed by atoms with Gasteiger partial charge in [0, 0.05) is 17.8 Å². The fourth-order valence-corrected chi connectivity index (χ4v) is 3.92. The summed E-state index contributed by atoms with van der Waals surface area (Å²) < 4.78 is 10.8. The average molecular weight is 434 g/mol. The molecule has 0 aliphatic carbocycles. The molecule has 0 spiro atoms.